The summed E-state index contributed by atoms with van der Waals surface area (Å²) in [5, 5.41) is 17.2. The van der Waals surface area contributed by atoms with Crippen LogP contribution >= 0.6 is 0 Å². The van der Waals surface area contributed by atoms with E-state index in [1.165, 1.54) is 5.69 Å². The quantitative estimate of drug-likeness (QED) is 0.679. The summed E-state index contributed by atoms with van der Waals surface area (Å²) >= 11 is 0. The minimum absolute atomic E-state index is 0.341. The van der Waals surface area contributed by atoms with E-state index in [0.29, 0.717) is 19.8 Å². The molecule has 0 aliphatic rings. The third kappa shape index (κ3) is 5.67. The number of nitrogens with one attached hydrogen (secondary N) is 1. The molecule has 0 saturated carbocycles. The highest BCUT2D eigenvalue weighted by atomic mass is 16.5. The van der Waals surface area contributed by atoms with Gasteiger partial charge in [-0.05, 0) is 11.6 Å². The number of hydrogen-bond acceptors (Lipinski definition) is 4. The maximum absolute atomic E-state index is 9.83. The predicted octanol–water partition coefficient (Wildman–Crippen LogP) is 1.13. The molecule has 1 unspecified atom stereocenters. The molecule has 0 aliphatic heterocycles. The number of ether oxygens (including phenoxy) is 1. The molecule has 5 nitrogen and oxygen atoms in total. The average molecular weight is 289 g/mol. The van der Waals surface area contributed by atoms with Crippen molar-refractivity contribution in [1.82, 2.24) is 15.1 Å². The molecule has 0 aliphatic carbocycles. The van der Waals surface area contributed by atoms with E-state index >= 15 is 0 Å². The Kier molecular flexibility index (Phi) is 6.40. The van der Waals surface area contributed by atoms with Crippen LogP contribution in [0.1, 0.15) is 11.3 Å². The van der Waals surface area contributed by atoms with Gasteiger partial charge in [0.25, 0.3) is 0 Å². The first-order chi connectivity index (χ1) is 10.3. The Hall–Kier alpha value is -1.69. The molecule has 2 N–H and O–H groups in total. The van der Waals surface area contributed by atoms with Gasteiger partial charge in [-0.15, -0.1) is 0 Å². The van der Waals surface area contributed by atoms with Gasteiger partial charge in [-0.2, -0.15) is 5.10 Å². The fourth-order valence-electron chi connectivity index (χ4n) is 2.08. The highest BCUT2D eigenvalue weighted by Gasteiger charge is 2.04. The third-order valence-electron chi connectivity index (χ3n) is 3.28. The first-order valence-electron chi connectivity index (χ1n) is 7.23. The van der Waals surface area contributed by atoms with E-state index < -0.39 is 6.10 Å². The van der Waals surface area contributed by atoms with E-state index in [9.17, 15) is 5.11 Å². The summed E-state index contributed by atoms with van der Waals surface area (Å²) in [6, 6.07) is 12.0. The van der Waals surface area contributed by atoms with Gasteiger partial charge in [0.2, 0.25) is 0 Å². The van der Waals surface area contributed by atoms with Crippen LogP contribution in [0.3, 0.4) is 0 Å². The highest BCUT2D eigenvalue weighted by Crippen LogP contribution is 2.01. The van der Waals surface area contributed by atoms with Gasteiger partial charge in [0.15, 0.2) is 0 Å². The molecule has 1 atom stereocenters. The summed E-state index contributed by atoms with van der Waals surface area (Å²) in [6.07, 6.45) is 2.20. The number of benzene rings is 1. The number of rotatable bonds is 9. The Morgan fingerprint density at radius 2 is 2.10 bits per heavy atom. The molecule has 114 valence electrons. The molecule has 1 heterocycles. The molecule has 0 bridgehead atoms. The van der Waals surface area contributed by atoms with Crippen molar-refractivity contribution in [2.45, 2.75) is 19.1 Å². The van der Waals surface area contributed by atoms with Crippen LogP contribution in [0.15, 0.2) is 42.6 Å². The van der Waals surface area contributed by atoms with Crippen molar-refractivity contribution in [3.8, 4) is 0 Å². The van der Waals surface area contributed by atoms with Crippen molar-refractivity contribution in [3.63, 3.8) is 0 Å². The minimum atomic E-state index is -0.486. The van der Waals surface area contributed by atoms with Gasteiger partial charge in [-0.1, -0.05) is 30.3 Å². The lowest BCUT2D eigenvalue weighted by molar-refractivity contribution is 0.0290. The van der Waals surface area contributed by atoms with Crippen LogP contribution in [0.4, 0.5) is 0 Å². The van der Waals surface area contributed by atoms with Crippen molar-refractivity contribution in [2.24, 2.45) is 7.05 Å². The molecular weight excluding hydrogens is 266 g/mol. The molecule has 2 aromatic rings. The largest absolute Gasteiger partial charge is 0.389 e. The van der Waals surface area contributed by atoms with Crippen LogP contribution in [0.25, 0.3) is 0 Å². The SMILES string of the molecule is Cn1nccc1CCNCC(O)COCc1ccccc1. The smallest absolute Gasteiger partial charge is 0.0897 e. The molecule has 1 aromatic heterocycles. The Morgan fingerprint density at radius 3 is 2.81 bits per heavy atom. The second-order valence-corrected chi connectivity index (χ2v) is 5.05. The summed E-state index contributed by atoms with van der Waals surface area (Å²) in [5.41, 5.74) is 2.30. The maximum Gasteiger partial charge on any atom is 0.0897 e. The molecule has 21 heavy (non-hydrogen) atoms. The first-order valence-corrected chi connectivity index (χ1v) is 7.23. The summed E-state index contributed by atoms with van der Waals surface area (Å²) in [5.74, 6) is 0. The fraction of sp³-hybridized carbons (Fsp3) is 0.438. The van der Waals surface area contributed by atoms with Crippen LogP contribution in [0.2, 0.25) is 0 Å². The number of aliphatic hydroxyl groups is 1. The lowest BCUT2D eigenvalue weighted by Crippen LogP contribution is -2.31. The molecule has 5 heteroatoms. The van der Waals surface area contributed by atoms with Gasteiger partial charge in [0.1, 0.15) is 0 Å². The molecule has 0 amide bonds. The van der Waals surface area contributed by atoms with Gasteiger partial charge < -0.3 is 15.2 Å². The van der Waals surface area contributed by atoms with Crippen molar-refractivity contribution in [1.29, 1.82) is 0 Å². The number of aromatic nitrogens is 2. The van der Waals surface area contributed by atoms with E-state index in [1.807, 2.05) is 48.1 Å². The molecular formula is C16H23N3O2. The van der Waals surface area contributed by atoms with Gasteiger partial charge >= 0.3 is 0 Å². The lowest BCUT2D eigenvalue weighted by atomic mass is 10.2. The van der Waals surface area contributed by atoms with Gasteiger partial charge in [0.05, 0.1) is 19.3 Å². The zero-order chi connectivity index (χ0) is 14.9. The summed E-state index contributed by atoms with van der Waals surface area (Å²) < 4.78 is 7.36. The average Bonchev–Trinajstić information content (AvgIpc) is 2.90. The van der Waals surface area contributed by atoms with Crippen LogP contribution in [0.5, 0.6) is 0 Å². The molecule has 0 spiro atoms. The van der Waals surface area contributed by atoms with Crippen molar-refractivity contribution < 1.29 is 9.84 Å². The predicted molar refractivity (Wildman–Crippen MR) is 81.9 cm³/mol. The summed E-state index contributed by atoms with van der Waals surface area (Å²) in [7, 11) is 1.93. The van der Waals surface area contributed by atoms with E-state index in [4.69, 9.17) is 4.74 Å². The molecule has 0 radical (unpaired) electrons. The number of aryl methyl sites for hydroxylation is 1. The zero-order valence-electron chi connectivity index (χ0n) is 12.4. The zero-order valence-corrected chi connectivity index (χ0v) is 12.4. The van der Waals surface area contributed by atoms with Gasteiger partial charge in [-0.3, -0.25) is 4.68 Å². The topological polar surface area (TPSA) is 59.3 Å². The Labute approximate surface area is 125 Å². The Bertz CT molecular complexity index is 513. The van der Waals surface area contributed by atoms with Crippen LogP contribution < -0.4 is 5.32 Å². The standard InChI is InChI=1S/C16H23N3O2/c1-19-15(8-10-18-19)7-9-17-11-16(20)13-21-12-14-5-3-2-4-6-14/h2-6,8,10,16-17,20H,7,9,11-13H2,1H3. The van der Waals surface area contributed by atoms with E-state index in [-0.39, 0.29) is 0 Å². The van der Waals surface area contributed by atoms with Crippen molar-refractivity contribution in [2.75, 3.05) is 19.7 Å². The van der Waals surface area contributed by atoms with Gasteiger partial charge in [-0.25, -0.2) is 0 Å². The van der Waals surface area contributed by atoms with Crippen LogP contribution in [-0.2, 0) is 24.8 Å². The fourth-order valence-corrected chi connectivity index (χ4v) is 2.08. The molecule has 2 rings (SSSR count). The minimum Gasteiger partial charge on any atom is -0.389 e. The normalized spacial score (nSPS) is 12.5. The highest BCUT2D eigenvalue weighted by molar-refractivity contribution is 5.13. The second kappa shape index (κ2) is 8.56. The number of aliphatic hydroxyl groups excluding tert-OH is 1. The monoisotopic (exact) mass is 289 g/mol. The van der Waals surface area contributed by atoms with Crippen molar-refractivity contribution >= 4 is 0 Å². The summed E-state index contributed by atoms with van der Waals surface area (Å²) in [4.78, 5) is 0. The second-order valence-electron chi connectivity index (χ2n) is 5.05. The molecule has 0 saturated heterocycles. The van der Waals surface area contributed by atoms with Crippen LogP contribution in [0, 0.1) is 0 Å². The first kappa shape index (κ1) is 15.7. The molecule has 1 aromatic carbocycles. The third-order valence-corrected chi connectivity index (χ3v) is 3.28. The van der Waals surface area contributed by atoms with Crippen molar-refractivity contribution in [3.05, 3.63) is 53.9 Å². The maximum atomic E-state index is 9.83. The Balaban J connectivity index is 1.53. The lowest BCUT2D eigenvalue weighted by Gasteiger charge is -2.12. The van der Waals surface area contributed by atoms with Crippen LogP contribution in [-0.4, -0.2) is 40.7 Å². The summed E-state index contributed by atoms with van der Waals surface area (Å²) in [6.45, 7) is 2.22. The van der Waals surface area contributed by atoms with E-state index in [2.05, 4.69) is 10.4 Å². The van der Waals surface area contributed by atoms with E-state index in [1.54, 1.807) is 6.20 Å². The number of nitrogens with zero attached hydrogens (tertiary/aromatic N) is 2. The number of hydrogen-bond donors (Lipinski definition) is 2. The molecule has 0 fully saturated rings. The van der Waals surface area contributed by atoms with E-state index in [0.717, 1.165) is 18.5 Å². The Morgan fingerprint density at radius 1 is 1.29 bits per heavy atom. The van der Waals surface area contributed by atoms with Gasteiger partial charge in [0, 0.05) is 38.4 Å².